The molecule has 30 heavy (non-hydrogen) atoms. The van der Waals surface area contributed by atoms with E-state index in [1.165, 1.54) is 32.7 Å². The van der Waals surface area contributed by atoms with E-state index < -0.39 is 6.17 Å². The summed E-state index contributed by atoms with van der Waals surface area (Å²) in [6.07, 6.45) is 2.87. The Labute approximate surface area is 173 Å². The Hall–Kier alpha value is -3.75. The first-order valence-corrected chi connectivity index (χ1v) is 9.22. The number of aromatic nitrogens is 3. The van der Waals surface area contributed by atoms with Gasteiger partial charge in [0, 0.05) is 56.0 Å². The van der Waals surface area contributed by atoms with Crippen LogP contribution in [0.3, 0.4) is 0 Å². The molecule has 156 valence electrons. The molecule has 0 saturated heterocycles. The molecule has 0 fully saturated rings. The molecule has 0 saturated carbocycles. The minimum Gasteiger partial charge on any atom is -0.619 e. The molecule has 2 N–H and O–H groups in total. The van der Waals surface area contributed by atoms with Crippen LogP contribution in [0.1, 0.15) is 33.4 Å². The zero-order chi connectivity index (χ0) is 21.7. The van der Waals surface area contributed by atoms with Crippen LogP contribution in [0.15, 0.2) is 48.9 Å². The Kier molecular flexibility index (Phi) is 6.41. The van der Waals surface area contributed by atoms with Crippen molar-refractivity contribution in [2.75, 3.05) is 19.5 Å². The normalized spacial score (nSPS) is 11.6. The largest absolute Gasteiger partial charge is 0.619 e. The average Bonchev–Trinajstić information content (AvgIpc) is 2.75. The van der Waals surface area contributed by atoms with Crippen molar-refractivity contribution >= 4 is 17.5 Å². The van der Waals surface area contributed by atoms with E-state index in [0.29, 0.717) is 33.8 Å². The number of halogens is 1. The molecule has 1 unspecified atom stereocenters. The molecular weight excluding hydrogens is 389 g/mol. The van der Waals surface area contributed by atoms with Crippen LogP contribution >= 0.6 is 0 Å². The first-order chi connectivity index (χ1) is 14.4. The van der Waals surface area contributed by atoms with Crippen LogP contribution in [0, 0.1) is 12.1 Å². The third-order valence-electron chi connectivity index (χ3n) is 4.50. The van der Waals surface area contributed by atoms with Crippen molar-refractivity contribution in [3.63, 3.8) is 0 Å². The molecule has 2 aromatic heterocycles. The van der Waals surface area contributed by atoms with Crippen LogP contribution in [-0.4, -0.2) is 30.0 Å². The van der Waals surface area contributed by atoms with E-state index in [1.54, 1.807) is 37.3 Å². The molecule has 0 aliphatic heterocycles. The second-order valence-corrected chi connectivity index (χ2v) is 6.67. The van der Waals surface area contributed by atoms with Crippen molar-refractivity contribution in [1.29, 1.82) is 0 Å². The number of benzene rings is 1. The number of anilines is 2. The standard InChI is InChI=1S/C21H22FN5O3/c1-13-6-17(4-5-27(13)29)26-21-24-11-16(12-25-21)19(22)9-14-7-15(20(28)23-2)10-18(8-14)30-3/h4-8,10-12,19H,9H2,1-3H3,(H,23,28)(H,24,25,26). The highest BCUT2D eigenvalue weighted by atomic mass is 19.1. The van der Waals surface area contributed by atoms with Crippen molar-refractivity contribution < 1.29 is 18.7 Å². The number of methoxy groups -OCH3 is 1. The van der Waals surface area contributed by atoms with E-state index in [-0.39, 0.29) is 18.3 Å². The molecule has 1 aromatic carbocycles. The number of hydrogen-bond acceptors (Lipinski definition) is 6. The maximum atomic E-state index is 14.8. The number of carbonyl (C=O) groups is 1. The smallest absolute Gasteiger partial charge is 0.251 e. The molecule has 0 radical (unpaired) electrons. The van der Waals surface area contributed by atoms with Crippen LogP contribution < -0.4 is 20.1 Å². The molecular formula is C21H22FN5O3. The van der Waals surface area contributed by atoms with E-state index >= 15 is 0 Å². The Bertz CT molecular complexity index is 1040. The number of alkyl halides is 1. The lowest BCUT2D eigenvalue weighted by atomic mass is 10.0. The van der Waals surface area contributed by atoms with Gasteiger partial charge in [0.1, 0.15) is 11.9 Å². The summed E-state index contributed by atoms with van der Waals surface area (Å²) in [7, 11) is 3.02. The van der Waals surface area contributed by atoms with Gasteiger partial charge < -0.3 is 20.6 Å². The lowest BCUT2D eigenvalue weighted by molar-refractivity contribution is -0.612. The van der Waals surface area contributed by atoms with Gasteiger partial charge in [-0.3, -0.25) is 4.79 Å². The minimum atomic E-state index is -1.36. The Morgan fingerprint density at radius 3 is 2.63 bits per heavy atom. The van der Waals surface area contributed by atoms with Gasteiger partial charge in [-0.25, -0.2) is 14.4 Å². The molecule has 1 amide bonds. The summed E-state index contributed by atoms with van der Waals surface area (Å²) < 4.78 is 20.8. The van der Waals surface area contributed by atoms with Crippen molar-refractivity contribution in [1.82, 2.24) is 15.3 Å². The van der Waals surface area contributed by atoms with Crippen molar-refractivity contribution in [2.45, 2.75) is 19.5 Å². The summed E-state index contributed by atoms with van der Waals surface area (Å²) in [6.45, 7) is 1.68. The van der Waals surface area contributed by atoms with Crippen molar-refractivity contribution in [3.05, 3.63) is 76.5 Å². The number of hydrogen-bond donors (Lipinski definition) is 2. The second kappa shape index (κ2) is 9.17. The predicted octanol–water partition coefficient (Wildman–Crippen LogP) is 2.78. The van der Waals surface area contributed by atoms with E-state index in [2.05, 4.69) is 20.6 Å². The fourth-order valence-electron chi connectivity index (χ4n) is 2.87. The van der Waals surface area contributed by atoms with Gasteiger partial charge in [0.2, 0.25) is 5.95 Å². The number of aryl methyl sites for hydroxylation is 1. The first-order valence-electron chi connectivity index (χ1n) is 9.22. The molecule has 0 aliphatic rings. The van der Waals surface area contributed by atoms with Gasteiger partial charge in [-0.2, -0.15) is 4.73 Å². The van der Waals surface area contributed by atoms with Crippen molar-refractivity contribution in [2.24, 2.45) is 0 Å². The molecule has 0 bridgehead atoms. The number of pyridine rings is 1. The molecule has 2 heterocycles. The Morgan fingerprint density at radius 2 is 2.00 bits per heavy atom. The summed E-state index contributed by atoms with van der Waals surface area (Å²) in [4.78, 5) is 20.2. The number of amides is 1. The number of rotatable bonds is 7. The highest BCUT2D eigenvalue weighted by Crippen LogP contribution is 2.25. The molecule has 9 heteroatoms. The highest BCUT2D eigenvalue weighted by Gasteiger charge is 2.15. The number of ether oxygens (including phenoxy) is 1. The van der Waals surface area contributed by atoms with Gasteiger partial charge in [0.15, 0.2) is 11.9 Å². The molecule has 0 spiro atoms. The number of nitrogens with one attached hydrogen (secondary N) is 2. The summed E-state index contributed by atoms with van der Waals surface area (Å²) in [5.74, 6) is 0.493. The van der Waals surface area contributed by atoms with Gasteiger partial charge in [-0.05, 0) is 23.8 Å². The van der Waals surface area contributed by atoms with Gasteiger partial charge in [-0.15, -0.1) is 0 Å². The first kappa shape index (κ1) is 21.0. The third kappa shape index (κ3) is 4.99. The topological polar surface area (TPSA) is 103 Å². The number of nitrogens with zero attached hydrogens (tertiary/aromatic N) is 3. The minimum absolute atomic E-state index is 0.0404. The maximum Gasteiger partial charge on any atom is 0.251 e. The second-order valence-electron chi connectivity index (χ2n) is 6.67. The predicted molar refractivity (Wildman–Crippen MR) is 109 cm³/mol. The molecule has 8 nitrogen and oxygen atoms in total. The van der Waals surface area contributed by atoms with Gasteiger partial charge in [0.25, 0.3) is 5.91 Å². The highest BCUT2D eigenvalue weighted by molar-refractivity contribution is 5.94. The summed E-state index contributed by atoms with van der Waals surface area (Å²) in [6, 6.07) is 8.18. The van der Waals surface area contributed by atoms with E-state index in [1.807, 2.05) is 0 Å². The van der Waals surface area contributed by atoms with Crippen LogP contribution in [-0.2, 0) is 6.42 Å². The van der Waals surface area contributed by atoms with E-state index in [9.17, 15) is 14.4 Å². The molecule has 0 aliphatic carbocycles. The van der Waals surface area contributed by atoms with Crippen molar-refractivity contribution in [3.8, 4) is 5.75 Å². The monoisotopic (exact) mass is 411 g/mol. The average molecular weight is 411 g/mol. The third-order valence-corrected chi connectivity index (χ3v) is 4.50. The zero-order valence-corrected chi connectivity index (χ0v) is 16.8. The molecule has 3 aromatic rings. The number of carbonyl (C=O) groups excluding carboxylic acids is 1. The van der Waals surface area contributed by atoms with E-state index in [4.69, 9.17) is 4.74 Å². The van der Waals surface area contributed by atoms with Gasteiger partial charge >= 0.3 is 0 Å². The lowest BCUT2D eigenvalue weighted by Crippen LogP contribution is -2.28. The Morgan fingerprint density at radius 1 is 1.27 bits per heavy atom. The summed E-state index contributed by atoms with van der Waals surface area (Å²) in [5, 5.41) is 16.9. The molecule has 3 rings (SSSR count). The fourth-order valence-corrected chi connectivity index (χ4v) is 2.87. The Balaban J connectivity index is 1.72. The van der Waals surface area contributed by atoms with Gasteiger partial charge in [0.05, 0.1) is 12.8 Å². The van der Waals surface area contributed by atoms with Crippen LogP contribution in [0.2, 0.25) is 0 Å². The summed E-state index contributed by atoms with van der Waals surface area (Å²) >= 11 is 0. The lowest BCUT2D eigenvalue weighted by Gasteiger charge is -2.12. The zero-order valence-electron chi connectivity index (χ0n) is 16.8. The van der Waals surface area contributed by atoms with Gasteiger partial charge in [-0.1, -0.05) is 0 Å². The van der Waals surface area contributed by atoms with E-state index in [0.717, 1.165) is 4.73 Å². The fraction of sp³-hybridized carbons (Fsp3) is 0.238. The maximum absolute atomic E-state index is 14.8. The quantitative estimate of drug-likeness (QED) is 0.458. The van der Waals surface area contributed by atoms with Crippen LogP contribution in [0.25, 0.3) is 0 Å². The SMILES string of the molecule is CNC(=O)c1cc(CC(F)c2cnc(Nc3cc[n+]([O-])c(C)c3)nc2)cc(OC)c1. The van der Waals surface area contributed by atoms with Crippen LogP contribution in [0.4, 0.5) is 16.0 Å². The van der Waals surface area contributed by atoms with Crippen LogP contribution in [0.5, 0.6) is 5.75 Å². The summed E-state index contributed by atoms with van der Waals surface area (Å²) in [5.41, 5.74) is 2.50. The molecule has 1 atom stereocenters.